The molecule has 10 heavy (non-hydrogen) atoms. The molecule has 1 aliphatic rings. The number of rotatable bonds is 3. The highest BCUT2D eigenvalue weighted by atomic mass is 16.7. The van der Waals surface area contributed by atoms with Crippen molar-refractivity contribution in [2.75, 3.05) is 6.61 Å². The van der Waals surface area contributed by atoms with E-state index in [1.165, 1.54) is 0 Å². The molecule has 1 saturated heterocycles. The first-order valence-corrected chi connectivity index (χ1v) is 4.13. The highest BCUT2D eigenvalue weighted by molar-refractivity contribution is 4.62. The molecule has 0 saturated carbocycles. The third-order valence-electron chi connectivity index (χ3n) is 1.79. The van der Waals surface area contributed by atoms with Crippen molar-refractivity contribution < 1.29 is 9.47 Å². The highest BCUT2D eigenvalue weighted by Crippen LogP contribution is 2.17. The average Bonchev–Trinajstić information content (AvgIpc) is 2.37. The van der Waals surface area contributed by atoms with E-state index in [9.17, 15) is 0 Å². The van der Waals surface area contributed by atoms with Crippen LogP contribution in [0.5, 0.6) is 0 Å². The van der Waals surface area contributed by atoms with Gasteiger partial charge >= 0.3 is 0 Å². The van der Waals surface area contributed by atoms with Crippen LogP contribution in [0, 0.1) is 0 Å². The average molecular weight is 144 g/mol. The van der Waals surface area contributed by atoms with E-state index in [0.29, 0.717) is 6.10 Å². The van der Waals surface area contributed by atoms with Crippen molar-refractivity contribution >= 4 is 0 Å². The van der Waals surface area contributed by atoms with Crippen LogP contribution in [0.3, 0.4) is 0 Å². The summed E-state index contributed by atoms with van der Waals surface area (Å²) in [4.78, 5) is 0. The number of ether oxygens (including phenoxy) is 2. The predicted molar refractivity (Wildman–Crippen MR) is 39.8 cm³/mol. The van der Waals surface area contributed by atoms with Crippen LogP contribution in [0.2, 0.25) is 0 Å². The molecule has 1 fully saturated rings. The first kappa shape index (κ1) is 8.02. The summed E-state index contributed by atoms with van der Waals surface area (Å²) in [5, 5.41) is 0. The zero-order chi connectivity index (χ0) is 7.40. The molecule has 2 nitrogen and oxygen atoms in total. The summed E-state index contributed by atoms with van der Waals surface area (Å²) in [7, 11) is 0. The van der Waals surface area contributed by atoms with Gasteiger partial charge in [-0.2, -0.15) is 0 Å². The Kier molecular flexibility index (Phi) is 3.16. The zero-order valence-corrected chi connectivity index (χ0v) is 6.80. The molecule has 2 atom stereocenters. The van der Waals surface area contributed by atoms with E-state index >= 15 is 0 Å². The van der Waals surface area contributed by atoms with E-state index in [4.69, 9.17) is 9.47 Å². The largest absolute Gasteiger partial charge is 0.350 e. The van der Waals surface area contributed by atoms with Crippen molar-refractivity contribution in [1.29, 1.82) is 0 Å². The minimum absolute atomic E-state index is 0.0925. The second-order valence-electron chi connectivity index (χ2n) is 2.72. The minimum atomic E-state index is 0.0925. The lowest BCUT2D eigenvalue weighted by molar-refractivity contribution is -0.0624. The van der Waals surface area contributed by atoms with Crippen LogP contribution in [0.15, 0.2) is 0 Å². The summed E-state index contributed by atoms with van der Waals surface area (Å²) in [6.45, 7) is 5.06. The van der Waals surface area contributed by atoms with Crippen molar-refractivity contribution in [3.63, 3.8) is 0 Å². The molecule has 2 heteroatoms. The predicted octanol–water partition coefficient (Wildman–Crippen LogP) is 1.94. The molecule has 60 valence electrons. The number of hydrogen-bond acceptors (Lipinski definition) is 2. The van der Waals surface area contributed by atoms with Crippen LogP contribution in [0.4, 0.5) is 0 Å². The van der Waals surface area contributed by atoms with Crippen molar-refractivity contribution in [2.45, 2.75) is 45.5 Å². The van der Waals surface area contributed by atoms with Gasteiger partial charge in [-0.1, -0.05) is 20.3 Å². The summed E-state index contributed by atoms with van der Waals surface area (Å²) in [5.74, 6) is 0. The Balaban J connectivity index is 2.15. The molecule has 0 aromatic rings. The third-order valence-corrected chi connectivity index (χ3v) is 1.79. The molecule has 0 aliphatic carbocycles. The van der Waals surface area contributed by atoms with Gasteiger partial charge in [0.05, 0.1) is 12.7 Å². The summed E-state index contributed by atoms with van der Waals surface area (Å²) in [5.41, 5.74) is 0. The molecule has 0 amide bonds. The fraction of sp³-hybridized carbons (Fsp3) is 1.00. The Bertz CT molecular complexity index is 93.3. The van der Waals surface area contributed by atoms with Gasteiger partial charge in [-0.3, -0.25) is 0 Å². The van der Waals surface area contributed by atoms with Gasteiger partial charge in [0.25, 0.3) is 0 Å². The van der Waals surface area contributed by atoms with Crippen LogP contribution >= 0.6 is 0 Å². The highest BCUT2D eigenvalue weighted by Gasteiger charge is 2.22. The fourth-order valence-corrected chi connectivity index (χ4v) is 1.11. The van der Waals surface area contributed by atoms with Crippen LogP contribution in [0.25, 0.3) is 0 Å². The van der Waals surface area contributed by atoms with Crippen molar-refractivity contribution in [1.82, 2.24) is 0 Å². The van der Waals surface area contributed by atoms with Crippen molar-refractivity contribution in [2.24, 2.45) is 0 Å². The number of hydrogen-bond donors (Lipinski definition) is 0. The molecular weight excluding hydrogens is 128 g/mol. The van der Waals surface area contributed by atoms with Crippen LogP contribution < -0.4 is 0 Å². The lowest BCUT2D eigenvalue weighted by Crippen LogP contribution is -2.10. The molecular formula is C8H16O2. The second-order valence-corrected chi connectivity index (χ2v) is 2.72. The Labute approximate surface area is 62.5 Å². The molecule has 1 aliphatic heterocycles. The zero-order valence-electron chi connectivity index (χ0n) is 6.80. The van der Waals surface area contributed by atoms with Crippen molar-refractivity contribution in [3.05, 3.63) is 0 Å². The molecule has 1 rings (SSSR count). The van der Waals surface area contributed by atoms with Gasteiger partial charge in [0.2, 0.25) is 0 Å². The van der Waals surface area contributed by atoms with Crippen LogP contribution in [0.1, 0.15) is 33.1 Å². The van der Waals surface area contributed by atoms with E-state index in [0.717, 1.165) is 25.9 Å². The normalized spacial score (nSPS) is 33.0. The Morgan fingerprint density at radius 3 is 2.70 bits per heavy atom. The van der Waals surface area contributed by atoms with Gasteiger partial charge < -0.3 is 9.47 Å². The van der Waals surface area contributed by atoms with Gasteiger partial charge in [0.1, 0.15) is 0 Å². The Hall–Kier alpha value is -0.0800. The summed E-state index contributed by atoms with van der Waals surface area (Å²) in [6.07, 6.45) is 3.70. The maximum atomic E-state index is 5.53. The fourth-order valence-electron chi connectivity index (χ4n) is 1.11. The monoisotopic (exact) mass is 144 g/mol. The van der Waals surface area contributed by atoms with E-state index in [2.05, 4.69) is 13.8 Å². The van der Waals surface area contributed by atoms with Gasteiger partial charge in [-0.15, -0.1) is 0 Å². The Morgan fingerprint density at radius 2 is 2.20 bits per heavy atom. The summed E-state index contributed by atoms with van der Waals surface area (Å²) >= 11 is 0. The molecule has 0 aromatic heterocycles. The molecule has 0 aromatic carbocycles. The quantitative estimate of drug-likeness (QED) is 0.602. The molecule has 2 unspecified atom stereocenters. The van der Waals surface area contributed by atoms with Crippen LogP contribution in [-0.2, 0) is 9.47 Å². The molecule has 0 N–H and O–H groups in total. The lowest BCUT2D eigenvalue weighted by atomic mass is 10.3. The molecule has 0 bridgehead atoms. The SMILES string of the molecule is CCCC1OCC(CC)O1. The van der Waals surface area contributed by atoms with E-state index in [-0.39, 0.29) is 6.29 Å². The standard InChI is InChI=1S/C8H16O2/c1-3-5-8-9-6-7(4-2)10-8/h7-8H,3-6H2,1-2H3. The van der Waals surface area contributed by atoms with E-state index in [1.54, 1.807) is 0 Å². The molecule has 1 heterocycles. The summed E-state index contributed by atoms with van der Waals surface area (Å²) in [6, 6.07) is 0. The maximum absolute atomic E-state index is 5.53. The van der Waals surface area contributed by atoms with E-state index < -0.39 is 0 Å². The second kappa shape index (κ2) is 3.94. The Morgan fingerprint density at radius 1 is 1.40 bits per heavy atom. The first-order chi connectivity index (χ1) is 4.86. The van der Waals surface area contributed by atoms with Crippen molar-refractivity contribution in [3.8, 4) is 0 Å². The van der Waals surface area contributed by atoms with Gasteiger partial charge in [0.15, 0.2) is 6.29 Å². The molecule has 0 radical (unpaired) electrons. The van der Waals surface area contributed by atoms with Gasteiger partial charge in [0, 0.05) is 0 Å². The van der Waals surface area contributed by atoms with Gasteiger partial charge in [-0.05, 0) is 12.8 Å². The minimum Gasteiger partial charge on any atom is -0.350 e. The smallest absolute Gasteiger partial charge is 0.158 e. The third kappa shape index (κ3) is 1.96. The van der Waals surface area contributed by atoms with E-state index in [1.807, 2.05) is 0 Å². The lowest BCUT2D eigenvalue weighted by Gasteiger charge is -2.07. The molecule has 0 spiro atoms. The topological polar surface area (TPSA) is 18.5 Å². The first-order valence-electron chi connectivity index (χ1n) is 4.13. The van der Waals surface area contributed by atoms with Crippen LogP contribution in [-0.4, -0.2) is 19.0 Å². The summed E-state index contributed by atoms with van der Waals surface area (Å²) < 4.78 is 10.9. The maximum Gasteiger partial charge on any atom is 0.158 e. The van der Waals surface area contributed by atoms with Gasteiger partial charge in [-0.25, -0.2) is 0 Å².